The molecule has 1 N–H and O–H groups in total. The highest BCUT2D eigenvalue weighted by atomic mass is 16.6. The third-order valence-corrected chi connectivity index (χ3v) is 6.49. The standard InChI is InChI=1S/C32H67NO8/c1-3-4-5-6-7-8-9-10-11-12-13-14-15-17-34-19-21-36-23-25-38-27-29-40-31-32-41-30-28-39-26-24-37-22-20-35-18-16-33-2/h33H,3-32H2,1-2H3. The molecule has 0 aromatic carbocycles. The van der Waals surface area contributed by atoms with Crippen LogP contribution >= 0.6 is 0 Å². The highest BCUT2D eigenvalue weighted by molar-refractivity contribution is 4.49. The second-order valence-corrected chi connectivity index (χ2v) is 10.2. The van der Waals surface area contributed by atoms with Gasteiger partial charge in [-0.05, 0) is 13.5 Å². The Labute approximate surface area is 253 Å². The smallest absolute Gasteiger partial charge is 0.0701 e. The summed E-state index contributed by atoms with van der Waals surface area (Å²) in [5.74, 6) is 0. The van der Waals surface area contributed by atoms with E-state index in [4.69, 9.17) is 37.9 Å². The summed E-state index contributed by atoms with van der Waals surface area (Å²) in [6, 6.07) is 0. The Morgan fingerprint density at radius 3 is 0.829 bits per heavy atom. The Bertz CT molecular complexity index is 410. The first-order valence-electron chi connectivity index (χ1n) is 16.7. The van der Waals surface area contributed by atoms with Crippen LogP contribution < -0.4 is 5.32 Å². The number of hydrogen-bond acceptors (Lipinski definition) is 9. The zero-order valence-corrected chi connectivity index (χ0v) is 27.0. The van der Waals surface area contributed by atoms with Gasteiger partial charge in [0.15, 0.2) is 0 Å². The normalized spacial score (nSPS) is 11.6. The minimum Gasteiger partial charge on any atom is -0.379 e. The molecule has 0 saturated carbocycles. The topological polar surface area (TPSA) is 85.9 Å². The Morgan fingerprint density at radius 1 is 0.293 bits per heavy atom. The van der Waals surface area contributed by atoms with Gasteiger partial charge < -0.3 is 43.2 Å². The summed E-state index contributed by atoms with van der Waals surface area (Å²) < 4.78 is 44.0. The third kappa shape index (κ3) is 39.6. The summed E-state index contributed by atoms with van der Waals surface area (Å²) in [6.45, 7) is 12.8. The molecular weight excluding hydrogens is 526 g/mol. The molecule has 0 spiro atoms. The number of unbranched alkanes of at least 4 members (excludes halogenated alkanes) is 12. The van der Waals surface area contributed by atoms with Gasteiger partial charge in [-0.1, -0.05) is 84.0 Å². The van der Waals surface area contributed by atoms with Gasteiger partial charge in [-0.15, -0.1) is 0 Å². The highest BCUT2D eigenvalue weighted by Gasteiger charge is 1.97. The van der Waals surface area contributed by atoms with E-state index in [1.165, 1.54) is 77.0 Å². The number of likely N-dealkylation sites (N-methyl/N-ethyl adjacent to an activating group) is 1. The fourth-order valence-corrected chi connectivity index (χ4v) is 4.04. The van der Waals surface area contributed by atoms with E-state index in [-0.39, 0.29) is 0 Å². The molecule has 0 rings (SSSR count). The SMILES string of the molecule is CCCCCCCCCCCCCCCOCCOCCOCCOCCOCCOCCOCCOCCNC. The monoisotopic (exact) mass is 593 g/mol. The van der Waals surface area contributed by atoms with Crippen molar-refractivity contribution in [2.45, 2.75) is 90.4 Å². The van der Waals surface area contributed by atoms with Crippen LogP contribution in [0.4, 0.5) is 0 Å². The van der Waals surface area contributed by atoms with E-state index in [0.29, 0.717) is 99.1 Å². The summed E-state index contributed by atoms with van der Waals surface area (Å²) >= 11 is 0. The fraction of sp³-hybridized carbons (Fsp3) is 1.00. The maximum atomic E-state index is 5.66. The van der Waals surface area contributed by atoms with E-state index in [0.717, 1.165) is 19.6 Å². The quantitative estimate of drug-likeness (QED) is 0.0942. The first-order chi connectivity index (χ1) is 20.4. The fourth-order valence-electron chi connectivity index (χ4n) is 4.04. The van der Waals surface area contributed by atoms with Crippen LogP contribution in [0.3, 0.4) is 0 Å². The molecule has 41 heavy (non-hydrogen) atoms. The summed E-state index contributed by atoms with van der Waals surface area (Å²) in [6.07, 6.45) is 17.9. The molecule has 0 aliphatic carbocycles. The first-order valence-corrected chi connectivity index (χ1v) is 16.7. The minimum atomic E-state index is 0.548. The Morgan fingerprint density at radius 2 is 0.537 bits per heavy atom. The van der Waals surface area contributed by atoms with E-state index in [1.807, 2.05) is 7.05 Å². The predicted octanol–water partition coefficient (Wildman–Crippen LogP) is 5.43. The van der Waals surface area contributed by atoms with Crippen molar-refractivity contribution in [1.29, 1.82) is 0 Å². The van der Waals surface area contributed by atoms with Crippen LogP contribution in [-0.2, 0) is 37.9 Å². The summed E-state index contributed by atoms with van der Waals surface area (Å²) in [4.78, 5) is 0. The molecule has 0 radical (unpaired) electrons. The average molecular weight is 594 g/mol. The van der Waals surface area contributed by atoms with Gasteiger partial charge in [0.1, 0.15) is 0 Å². The lowest BCUT2D eigenvalue weighted by molar-refractivity contribution is -0.0230. The number of nitrogens with one attached hydrogen (secondary N) is 1. The van der Waals surface area contributed by atoms with Gasteiger partial charge >= 0.3 is 0 Å². The molecule has 0 bridgehead atoms. The third-order valence-electron chi connectivity index (χ3n) is 6.49. The van der Waals surface area contributed by atoms with Crippen molar-refractivity contribution in [2.24, 2.45) is 0 Å². The maximum absolute atomic E-state index is 5.66. The van der Waals surface area contributed by atoms with Crippen LogP contribution in [0, 0.1) is 0 Å². The molecule has 0 unspecified atom stereocenters. The summed E-state index contributed by atoms with van der Waals surface area (Å²) in [5.41, 5.74) is 0. The molecule has 0 saturated heterocycles. The molecule has 248 valence electrons. The minimum absolute atomic E-state index is 0.548. The van der Waals surface area contributed by atoms with Crippen molar-refractivity contribution in [2.75, 3.05) is 119 Å². The van der Waals surface area contributed by atoms with Crippen molar-refractivity contribution in [3.63, 3.8) is 0 Å². The lowest BCUT2D eigenvalue weighted by Crippen LogP contribution is -2.17. The van der Waals surface area contributed by atoms with Crippen molar-refractivity contribution in [3.8, 4) is 0 Å². The Kier molecular flexibility index (Phi) is 39.3. The van der Waals surface area contributed by atoms with Crippen LogP contribution in [-0.4, -0.2) is 119 Å². The van der Waals surface area contributed by atoms with Crippen molar-refractivity contribution in [3.05, 3.63) is 0 Å². The molecule has 0 aliphatic rings. The first kappa shape index (κ1) is 40.6. The Hall–Kier alpha value is -0.360. The number of rotatable bonds is 38. The van der Waals surface area contributed by atoms with E-state index in [9.17, 15) is 0 Å². The zero-order chi connectivity index (χ0) is 29.6. The molecule has 0 aromatic heterocycles. The van der Waals surface area contributed by atoms with Gasteiger partial charge in [-0.25, -0.2) is 0 Å². The second-order valence-electron chi connectivity index (χ2n) is 10.2. The average Bonchev–Trinajstić information content (AvgIpc) is 2.98. The van der Waals surface area contributed by atoms with Crippen molar-refractivity contribution >= 4 is 0 Å². The molecule has 0 atom stereocenters. The van der Waals surface area contributed by atoms with Crippen LogP contribution in [0.25, 0.3) is 0 Å². The van der Waals surface area contributed by atoms with Crippen LogP contribution in [0.15, 0.2) is 0 Å². The van der Waals surface area contributed by atoms with Crippen LogP contribution in [0.2, 0.25) is 0 Å². The second kappa shape index (κ2) is 39.6. The van der Waals surface area contributed by atoms with Crippen LogP contribution in [0.5, 0.6) is 0 Å². The van der Waals surface area contributed by atoms with Gasteiger partial charge in [0.25, 0.3) is 0 Å². The summed E-state index contributed by atoms with van der Waals surface area (Å²) in [7, 11) is 1.90. The van der Waals surface area contributed by atoms with E-state index in [1.54, 1.807) is 0 Å². The lowest BCUT2D eigenvalue weighted by atomic mass is 10.0. The predicted molar refractivity (Wildman–Crippen MR) is 166 cm³/mol. The molecule has 0 heterocycles. The Balaban J connectivity index is 3.02. The van der Waals surface area contributed by atoms with Gasteiger partial charge in [0, 0.05) is 13.2 Å². The zero-order valence-electron chi connectivity index (χ0n) is 27.0. The van der Waals surface area contributed by atoms with Gasteiger partial charge in [-0.2, -0.15) is 0 Å². The van der Waals surface area contributed by atoms with Gasteiger partial charge in [0.05, 0.1) is 99.1 Å². The molecule has 9 heteroatoms. The molecule has 0 aromatic rings. The molecule has 0 fully saturated rings. The van der Waals surface area contributed by atoms with Crippen molar-refractivity contribution in [1.82, 2.24) is 5.32 Å². The van der Waals surface area contributed by atoms with Gasteiger partial charge in [-0.3, -0.25) is 0 Å². The molecular formula is C32H67NO8. The molecule has 9 nitrogen and oxygen atoms in total. The number of ether oxygens (including phenoxy) is 8. The maximum Gasteiger partial charge on any atom is 0.0701 e. The lowest BCUT2D eigenvalue weighted by Gasteiger charge is -2.08. The highest BCUT2D eigenvalue weighted by Crippen LogP contribution is 2.12. The van der Waals surface area contributed by atoms with Crippen LogP contribution in [0.1, 0.15) is 90.4 Å². The largest absolute Gasteiger partial charge is 0.379 e. The number of hydrogen-bond donors (Lipinski definition) is 1. The summed E-state index contributed by atoms with van der Waals surface area (Å²) in [5, 5.41) is 3.03. The van der Waals surface area contributed by atoms with E-state index in [2.05, 4.69) is 12.2 Å². The molecule has 0 amide bonds. The van der Waals surface area contributed by atoms with Crippen molar-refractivity contribution < 1.29 is 37.9 Å². The van der Waals surface area contributed by atoms with Gasteiger partial charge in [0.2, 0.25) is 0 Å². The van der Waals surface area contributed by atoms with E-state index >= 15 is 0 Å². The molecule has 0 aliphatic heterocycles. The van der Waals surface area contributed by atoms with E-state index < -0.39 is 0 Å².